The molecule has 7 atom stereocenters. The van der Waals surface area contributed by atoms with E-state index in [1.807, 2.05) is 44.2 Å². The Balaban J connectivity index is 1.46. The van der Waals surface area contributed by atoms with Gasteiger partial charge in [-0.05, 0) is 43.1 Å². The molecule has 1 aliphatic carbocycles. The number of carbonyl (C=O) groups is 2. The van der Waals surface area contributed by atoms with E-state index in [0.717, 1.165) is 24.8 Å². The Morgan fingerprint density at radius 1 is 1.23 bits per heavy atom. The van der Waals surface area contributed by atoms with E-state index < -0.39 is 24.3 Å². The number of nitrogens with zero attached hydrogens (tertiary/aromatic N) is 2. The second-order valence-corrected chi connectivity index (χ2v) is 11.9. The van der Waals surface area contributed by atoms with Crippen LogP contribution in [0.15, 0.2) is 30.3 Å². The van der Waals surface area contributed by atoms with Crippen molar-refractivity contribution in [3.63, 3.8) is 0 Å². The smallest absolute Gasteiger partial charge is 0.407 e. The zero-order valence-electron chi connectivity index (χ0n) is 23.3. The highest BCUT2D eigenvalue weighted by atomic mass is 16.6. The van der Waals surface area contributed by atoms with Gasteiger partial charge in [-0.3, -0.25) is 0 Å². The highest BCUT2D eigenvalue weighted by Gasteiger charge is 2.48. The molecule has 5 unspecified atom stereocenters. The Hall–Kier alpha value is -2.40. The van der Waals surface area contributed by atoms with Gasteiger partial charge in [-0.2, -0.15) is 0 Å². The highest BCUT2D eigenvalue weighted by Crippen LogP contribution is 2.42. The molecule has 0 radical (unpaired) electrons. The Morgan fingerprint density at radius 2 is 2.00 bits per heavy atom. The first kappa shape index (κ1) is 29.6. The number of likely N-dealkylation sites (tertiary alicyclic amines) is 1. The van der Waals surface area contributed by atoms with Crippen molar-refractivity contribution in [3.05, 3.63) is 35.9 Å². The van der Waals surface area contributed by atoms with Gasteiger partial charge in [0.05, 0.1) is 25.3 Å². The van der Waals surface area contributed by atoms with E-state index in [1.165, 1.54) is 0 Å². The molecule has 10 heteroatoms. The third-order valence-corrected chi connectivity index (χ3v) is 8.28. The van der Waals surface area contributed by atoms with Crippen molar-refractivity contribution in [2.24, 2.45) is 29.4 Å². The second kappa shape index (κ2) is 13.8. The first-order valence-electron chi connectivity index (χ1n) is 14.4. The molecule has 218 valence electrons. The molecule has 5 N–H and O–H groups in total. The minimum atomic E-state index is -1.03. The van der Waals surface area contributed by atoms with Crippen molar-refractivity contribution in [3.8, 4) is 0 Å². The van der Waals surface area contributed by atoms with E-state index in [1.54, 1.807) is 9.80 Å². The molecule has 2 saturated heterocycles. The van der Waals surface area contributed by atoms with E-state index >= 15 is 0 Å². The number of piperidine rings is 1. The van der Waals surface area contributed by atoms with Crippen molar-refractivity contribution >= 4 is 12.1 Å². The van der Waals surface area contributed by atoms with Crippen LogP contribution in [0.1, 0.15) is 38.7 Å². The number of alkyl carbamates (subject to hydrolysis) is 1. The van der Waals surface area contributed by atoms with Gasteiger partial charge >= 0.3 is 12.1 Å². The largest absolute Gasteiger partial charge is 0.445 e. The van der Waals surface area contributed by atoms with Crippen LogP contribution in [0.4, 0.5) is 9.59 Å². The standard InChI is InChI=1S/C29H46N4O6/c1-19(2)13-33(29(37)32-10-6-9-23(30)14-32)15-26(35)25(11-20-7-4-3-5-8-20)31-28(36)39-27-21(16-34)12-22-17-38-18-24(22)27/h3-5,7-8,19,21-27,34-35H,6,9-18,30H2,1-2H3,(H,31,36)/t21?,22?,23?,24?,25-,26+,27?/m0/s1. The zero-order chi connectivity index (χ0) is 27.9. The van der Waals surface area contributed by atoms with Crippen LogP contribution in [0.5, 0.6) is 0 Å². The minimum absolute atomic E-state index is 0.0426. The van der Waals surface area contributed by atoms with Crippen molar-refractivity contribution in [2.45, 2.75) is 63.8 Å². The van der Waals surface area contributed by atoms with Gasteiger partial charge in [-0.15, -0.1) is 0 Å². The number of hydrogen-bond acceptors (Lipinski definition) is 7. The monoisotopic (exact) mass is 546 g/mol. The quantitative estimate of drug-likeness (QED) is 0.351. The van der Waals surface area contributed by atoms with Crippen LogP contribution in [0, 0.1) is 23.7 Å². The molecule has 3 amide bonds. The molecule has 1 saturated carbocycles. The predicted octanol–water partition coefficient (Wildman–Crippen LogP) is 1.83. The number of nitrogens with one attached hydrogen (secondary N) is 1. The molecule has 2 heterocycles. The summed E-state index contributed by atoms with van der Waals surface area (Å²) in [7, 11) is 0. The number of urea groups is 1. The molecule has 4 rings (SSSR count). The van der Waals surface area contributed by atoms with Gasteiger partial charge < -0.3 is 40.5 Å². The maximum atomic E-state index is 13.5. The van der Waals surface area contributed by atoms with Crippen LogP contribution in [-0.4, -0.2) is 102 Å². The molecular weight excluding hydrogens is 500 g/mol. The van der Waals surface area contributed by atoms with Gasteiger partial charge in [0.15, 0.2) is 0 Å². The van der Waals surface area contributed by atoms with Crippen LogP contribution in [0.25, 0.3) is 0 Å². The molecule has 0 spiro atoms. The fraction of sp³-hybridized carbons (Fsp3) is 0.724. The molecule has 0 bridgehead atoms. The molecule has 2 aliphatic heterocycles. The van der Waals surface area contributed by atoms with Crippen LogP contribution < -0.4 is 11.1 Å². The van der Waals surface area contributed by atoms with Gasteiger partial charge in [0.25, 0.3) is 0 Å². The van der Waals surface area contributed by atoms with Gasteiger partial charge in [-0.25, -0.2) is 9.59 Å². The summed E-state index contributed by atoms with van der Waals surface area (Å²) in [6.45, 7) is 6.86. The first-order chi connectivity index (χ1) is 18.7. The van der Waals surface area contributed by atoms with Crippen molar-refractivity contribution in [1.29, 1.82) is 0 Å². The fourth-order valence-corrected chi connectivity index (χ4v) is 6.32. The normalized spacial score (nSPS) is 28.2. The fourth-order valence-electron chi connectivity index (χ4n) is 6.32. The van der Waals surface area contributed by atoms with E-state index in [4.69, 9.17) is 15.2 Å². The molecular formula is C29H46N4O6. The molecule has 3 aliphatic rings. The summed E-state index contributed by atoms with van der Waals surface area (Å²) in [6.07, 6.45) is 0.805. The number of fused-ring (bicyclic) bond motifs is 1. The Bertz CT molecular complexity index is 934. The van der Waals surface area contributed by atoms with Gasteiger partial charge in [0.2, 0.25) is 0 Å². The Labute approximate surface area is 231 Å². The minimum Gasteiger partial charge on any atom is -0.445 e. The maximum absolute atomic E-state index is 13.5. The van der Waals surface area contributed by atoms with E-state index in [0.29, 0.717) is 39.3 Å². The zero-order valence-corrected chi connectivity index (χ0v) is 23.3. The second-order valence-electron chi connectivity index (χ2n) is 11.9. The number of aliphatic hydroxyl groups excluding tert-OH is 2. The van der Waals surface area contributed by atoms with Crippen molar-refractivity contribution < 1.29 is 29.3 Å². The number of aliphatic hydroxyl groups is 2. The summed E-state index contributed by atoms with van der Waals surface area (Å²) < 4.78 is 11.5. The van der Waals surface area contributed by atoms with E-state index in [-0.39, 0.29) is 48.9 Å². The van der Waals surface area contributed by atoms with E-state index in [2.05, 4.69) is 5.32 Å². The van der Waals surface area contributed by atoms with Gasteiger partial charge in [-0.1, -0.05) is 44.2 Å². The Kier molecular flexibility index (Phi) is 10.5. The number of hydrogen-bond donors (Lipinski definition) is 4. The molecule has 0 aromatic heterocycles. The summed E-state index contributed by atoms with van der Waals surface area (Å²) in [6, 6.07) is 8.76. The van der Waals surface area contributed by atoms with Crippen LogP contribution in [0.2, 0.25) is 0 Å². The first-order valence-corrected chi connectivity index (χ1v) is 14.4. The van der Waals surface area contributed by atoms with Crippen LogP contribution in [-0.2, 0) is 15.9 Å². The average molecular weight is 547 g/mol. The summed E-state index contributed by atoms with van der Waals surface area (Å²) in [5.74, 6) is 0.427. The summed E-state index contributed by atoms with van der Waals surface area (Å²) >= 11 is 0. The number of ether oxygens (including phenoxy) is 2. The van der Waals surface area contributed by atoms with Gasteiger partial charge in [0, 0.05) is 50.7 Å². The van der Waals surface area contributed by atoms with Crippen LogP contribution in [0.3, 0.4) is 0 Å². The third kappa shape index (κ3) is 7.84. The lowest BCUT2D eigenvalue weighted by atomic mass is 9.99. The number of carbonyl (C=O) groups excluding carboxylic acids is 2. The lowest BCUT2D eigenvalue weighted by Crippen LogP contribution is -2.56. The molecule has 10 nitrogen and oxygen atoms in total. The number of amides is 3. The van der Waals surface area contributed by atoms with Crippen LogP contribution >= 0.6 is 0 Å². The average Bonchev–Trinajstić information content (AvgIpc) is 3.50. The number of nitrogens with two attached hydrogens (primary N) is 1. The maximum Gasteiger partial charge on any atom is 0.407 e. The number of benzene rings is 1. The third-order valence-electron chi connectivity index (χ3n) is 8.28. The van der Waals surface area contributed by atoms with Gasteiger partial charge in [0.1, 0.15) is 6.10 Å². The molecule has 1 aromatic carbocycles. The molecule has 3 fully saturated rings. The Morgan fingerprint density at radius 3 is 2.69 bits per heavy atom. The SMILES string of the molecule is CC(C)CN(C[C@@H](O)[C@H](Cc1ccccc1)NC(=O)OC1C(CO)CC2COCC21)C(=O)N1CCCC(N)C1. The summed E-state index contributed by atoms with van der Waals surface area (Å²) in [5.41, 5.74) is 7.08. The summed E-state index contributed by atoms with van der Waals surface area (Å²) in [4.78, 5) is 30.1. The molecule has 1 aromatic rings. The van der Waals surface area contributed by atoms with E-state index in [9.17, 15) is 19.8 Å². The van der Waals surface area contributed by atoms with Crippen molar-refractivity contribution in [1.82, 2.24) is 15.1 Å². The highest BCUT2D eigenvalue weighted by molar-refractivity contribution is 5.74. The molecule has 39 heavy (non-hydrogen) atoms. The summed E-state index contributed by atoms with van der Waals surface area (Å²) in [5, 5.41) is 24.2. The number of rotatable bonds is 10. The topological polar surface area (TPSA) is 138 Å². The lowest BCUT2D eigenvalue weighted by Gasteiger charge is -2.37. The lowest BCUT2D eigenvalue weighted by molar-refractivity contribution is 0.0136. The predicted molar refractivity (Wildman–Crippen MR) is 147 cm³/mol. The van der Waals surface area contributed by atoms with Crippen molar-refractivity contribution in [2.75, 3.05) is 46.0 Å².